The summed E-state index contributed by atoms with van der Waals surface area (Å²) in [7, 11) is 0. The summed E-state index contributed by atoms with van der Waals surface area (Å²) in [6.07, 6.45) is 5.52. The Bertz CT molecular complexity index is 948. The zero-order chi connectivity index (χ0) is 18.6. The number of nitrogens with one attached hydrogen (secondary N) is 1. The second kappa shape index (κ2) is 7.70. The van der Waals surface area contributed by atoms with Gasteiger partial charge in [-0.3, -0.25) is 4.79 Å². The highest BCUT2D eigenvalue weighted by Gasteiger charge is 2.22. The molecule has 1 fully saturated rings. The lowest BCUT2D eigenvalue weighted by atomic mass is 9.95. The van der Waals surface area contributed by atoms with Crippen LogP contribution in [-0.4, -0.2) is 22.1 Å². The molecule has 1 aliphatic rings. The van der Waals surface area contributed by atoms with Crippen molar-refractivity contribution < 1.29 is 13.7 Å². The number of hydrogen-bond acceptors (Lipinski definition) is 4. The van der Waals surface area contributed by atoms with E-state index in [2.05, 4.69) is 15.5 Å². The number of aromatic nitrogens is 2. The van der Waals surface area contributed by atoms with Gasteiger partial charge in [-0.1, -0.05) is 48.7 Å². The van der Waals surface area contributed by atoms with Gasteiger partial charge in [0.15, 0.2) is 0 Å². The van der Waals surface area contributed by atoms with Crippen molar-refractivity contribution in [2.75, 3.05) is 0 Å². The monoisotopic (exact) mass is 365 g/mol. The minimum Gasteiger partial charge on any atom is -0.349 e. The maximum atomic E-state index is 14.0. The molecular formula is C21H20FN3O2. The Morgan fingerprint density at radius 2 is 1.70 bits per heavy atom. The van der Waals surface area contributed by atoms with Gasteiger partial charge in [0.05, 0.1) is 16.7 Å². The summed E-state index contributed by atoms with van der Waals surface area (Å²) >= 11 is 0. The van der Waals surface area contributed by atoms with Crippen molar-refractivity contribution in [3.63, 3.8) is 0 Å². The molecule has 2 aromatic carbocycles. The van der Waals surface area contributed by atoms with Crippen LogP contribution >= 0.6 is 0 Å². The maximum absolute atomic E-state index is 14.0. The van der Waals surface area contributed by atoms with Crippen molar-refractivity contribution in [2.45, 2.75) is 38.1 Å². The van der Waals surface area contributed by atoms with Gasteiger partial charge in [-0.05, 0) is 37.1 Å². The molecular weight excluding hydrogens is 345 g/mol. The number of benzene rings is 2. The average Bonchev–Trinajstić information content (AvgIpc) is 3.19. The molecule has 1 N–H and O–H groups in total. The fraction of sp³-hybridized carbons (Fsp3) is 0.286. The highest BCUT2D eigenvalue weighted by molar-refractivity contribution is 6.00. The van der Waals surface area contributed by atoms with E-state index >= 15 is 0 Å². The Kier molecular flexibility index (Phi) is 4.96. The van der Waals surface area contributed by atoms with Crippen LogP contribution in [-0.2, 0) is 0 Å². The first-order valence-electron chi connectivity index (χ1n) is 9.21. The molecule has 3 aromatic rings. The van der Waals surface area contributed by atoms with E-state index in [0.29, 0.717) is 11.1 Å². The normalized spacial score (nSPS) is 14.9. The molecule has 138 valence electrons. The van der Waals surface area contributed by atoms with Crippen molar-refractivity contribution in [3.05, 3.63) is 59.9 Å². The Morgan fingerprint density at radius 1 is 1.00 bits per heavy atom. The molecule has 0 bridgehead atoms. The summed E-state index contributed by atoms with van der Waals surface area (Å²) in [6, 6.07) is 13.5. The maximum Gasteiger partial charge on any atom is 0.259 e. The number of nitrogens with zero attached hydrogens (tertiary/aromatic N) is 2. The second-order valence-corrected chi connectivity index (χ2v) is 6.76. The van der Waals surface area contributed by atoms with Crippen LogP contribution in [0.2, 0.25) is 0 Å². The van der Waals surface area contributed by atoms with E-state index in [1.165, 1.54) is 12.5 Å². The first kappa shape index (κ1) is 17.4. The number of halogens is 1. The lowest BCUT2D eigenvalue weighted by molar-refractivity contribution is 0.0928. The predicted octanol–water partition coefficient (Wildman–Crippen LogP) is 4.61. The summed E-state index contributed by atoms with van der Waals surface area (Å²) in [5.74, 6) is -0.218. The van der Waals surface area contributed by atoms with Crippen LogP contribution in [0.3, 0.4) is 0 Å². The number of carbonyl (C=O) groups excluding carboxylic acids is 1. The molecule has 0 spiro atoms. The van der Waals surface area contributed by atoms with Gasteiger partial charge < -0.3 is 9.84 Å². The number of carbonyl (C=O) groups is 1. The Morgan fingerprint density at radius 3 is 2.48 bits per heavy atom. The van der Waals surface area contributed by atoms with Crippen molar-refractivity contribution in [1.29, 1.82) is 0 Å². The fourth-order valence-electron chi connectivity index (χ4n) is 3.46. The first-order chi connectivity index (χ1) is 13.2. The highest BCUT2D eigenvalue weighted by Crippen LogP contribution is 2.27. The SMILES string of the molecule is O=C(NC1CCCCC1)c1ccccc1-c1nc(-c2ccccc2F)no1. The third-order valence-electron chi connectivity index (χ3n) is 4.88. The topological polar surface area (TPSA) is 68.0 Å². The molecule has 0 aliphatic heterocycles. The lowest BCUT2D eigenvalue weighted by Crippen LogP contribution is -2.36. The van der Waals surface area contributed by atoms with E-state index in [-0.39, 0.29) is 29.2 Å². The van der Waals surface area contributed by atoms with Gasteiger partial charge in [0.1, 0.15) is 5.82 Å². The molecule has 1 amide bonds. The van der Waals surface area contributed by atoms with E-state index in [1.807, 2.05) is 0 Å². The molecule has 0 atom stereocenters. The van der Waals surface area contributed by atoms with E-state index in [1.54, 1.807) is 42.5 Å². The van der Waals surface area contributed by atoms with Crippen LogP contribution in [0, 0.1) is 5.82 Å². The van der Waals surface area contributed by atoms with Crippen LogP contribution in [0.15, 0.2) is 53.1 Å². The van der Waals surface area contributed by atoms with Crippen LogP contribution in [0.4, 0.5) is 4.39 Å². The van der Waals surface area contributed by atoms with Crippen LogP contribution in [0.5, 0.6) is 0 Å². The molecule has 6 heteroatoms. The van der Waals surface area contributed by atoms with Crippen LogP contribution in [0.25, 0.3) is 22.8 Å². The molecule has 0 saturated heterocycles. The fourth-order valence-corrected chi connectivity index (χ4v) is 3.46. The van der Waals surface area contributed by atoms with Gasteiger partial charge in [-0.25, -0.2) is 4.39 Å². The smallest absolute Gasteiger partial charge is 0.259 e. The zero-order valence-electron chi connectivity index (χ0n) is 14.8. The summed E-state index contributed by atoms with van der Waals surface area (Å²) in [5.41, 5.74) is 1.28. The first-order valence-corrected chi connectivity index (χ1v) is 9.21. The summed E-state index contributed by atoms with van der Waals surface area (Å²) in [4.78, 5) is 17.1. The highest BCUT2D eigenvalue weighted by atomic mass is 19.1. The second-order valence-electron chi connectivity index (χ2n) is 6.76. The van der Waals surface area contributed by atoms with Gasteiger partial charge in [0.2, 0.25) is 5.82 Å². The Hall–Kier alpha value is -3.02. The average molecular weight is 365 g/mol. The molecule has 1 aliphatic carbocycles. The molecule has 1 heterocycles. The van der Waals surface area contributed by atoms with Crippen molar-refractivity contribution in [1.82, 2.24) is 15.5 Å². The van der Waals surface area contributed by atoms with Gasteiger partial charge >= 0.3 is 0 Å². The van der Waals surface area contributed by atoms with Crippen LogP contribution < -0.4 is 5.32 Å². The minimum atomic E-state index is -0.423. The molecule has 1 saturated carbocycles. The van der Waals surface area contributed by atoms with Gasteiger partial charge in [0, 0.05) is 6.04 Å². The predicted molar refractivity (Wildman–Crippen MR) is 99.5 cm³/mol. The number of rotatable bonds is 4. The molecule has 1 aromatic heterocycles. The molecule has 0 radical (unpaired) electrons. The van der Waals surface area contributed by atoms with E-state index in [9.17, 15) is 9.18 Å². The third kappa shape index (κ3) is 3.74. The Labute approximate surface area is 156 Å². The largest absolute Gasteiger partial charge is 0.349 e. The molecule has 4 rings (SSSR count). The summed E-state index contributed by atoms with van der Waals surface area (Å²) in [6.45, 7) is 0. The zero-order valence-corrected chi connectivity index (χ0v) is 14.8. The third-order valence-corrected chi connectivity index (χ3v) is 4.88. The van der Waals surface area contributed by atoms with E-state index < -0.39 is 5.82 Å². The van der Waals surface area contributed by atoms with Gasteiger partial charge in [-0.15, -0.1) is 0 Å². The quantitative estimate of drug-likeness (QED) is 0.733. The number of hydrogen-bond donors (Lipinski definition) is 1. The van der Waals surface area contributed by atoms with Gasteiger partial charge in [-0.2, -0.15) is 4.98 Å². The number of amides is 1. The summed E-state index contributed by atoms with van der Waals surface area (Å²) in [5, 5.41) is 6.99. The summed E-state index contributed by atoms with van der Waals surface area (Å²) < 4.78 is 19.3. The molecule has 27 heavy (non-hydrogen) atoms. The lowest BCUT2D eigenvalue weighted by Gasteiger charge is -2.23. The van der Waals surface area contributed by atoms with Crippen molar-refractivity contribution in [2.24, 2.45) is 0 Å². The molecule has 5 nitrogen and oxygen atoms in total. The minimum absolute atomic E-state index is 0.150. The molecule has 0 unspecified atom stereocenters. The van der Waals surface area contributed by atoms with Crippen LogP contribution in [0.1, 0.15) is 42.5 Å². The Balaban J connectivity index is 1.61. The van der Waals surface area contributed by atoms with E-state index in [4.69, 9.17) is 4.52 Å². The standard InChI is InChI=1S/C21H20FN3O2/c22-18-13-7-6-12-17(18)19-24-21(27-25-19)16-11-5-4-10-15(16)20(26)23-14-8-2-1-3-9-14/h4-7,10-14H,1-3,8-9H2,(H,23,26). The van der Waals surface area contributed by atoms with Gasteiger partial charge in [0.25, 0.3) is 11.8 Å². The van der Waals surface area contributed by atoms with Crippen molar-refractivity contribution in [3.8, 4) is 22.8 Å². The van der Waals surface area contributed by atoms with E-state index in [0.717, 1.165) is 25.7 Å². The van der Waals surface area contributed by atoms with Crippen molar-refractivity contribution >= 4 is 5.91 Å².